The largest absolute Gasteiger partial charge is 0.497 e. The number of benzene rings is 1. The second-order valence-electron chi connectivity index (χ2n) is 6.94. The Bertz CT molecular complexity index is 854. The fraction of sp³-hybridized carbons (Fsp3) is 0.500. The Hall–Kier alpha value is -3.34. The van der Waals surface area contributed by atoms with Gasteiger partial charge in [0.15, 0.2) is 12.2 Å². The number of esters is 2. The highest BCUT2D eigenvalue weighted by molar-refractivity contribution is 5.92. The smallest absolute Gasteiger partial charge is 0.417 e. The summed E-state index contributed by atoms with van der Waals surface area (Å²) in [6.45, 7) is 3.30. The van der Waals surface area contributed by atoms with Gasteiger partial charge in [0, 0.05) is 20.8 Å². The van der Waals surface area contributed by atoms with Crippen molar-refractivity contribution in [1.29, 1.82) is 0 Å². The lowest BCUT2D eigenvalue weighted by molar-refractivity contribution is -0.247. The summed E-state index contributed by atoms with van der Waals surface area (Å²) < 4.78 is 32.6. The van der Waals surface area contributed by atoms with Gasteiger partial charge in [0.25, 0.3) is 0 Å². The maximum absolute atomic E-state index is 12.4. The molecule has 5 atom stereocenters. The molecule has 168 valence electrons. The van der Waals surface area contributed by atoms with Crippen LogP contribution >= 0.6 is 0 Å². The van der Waals surface area contributed by atoms with Gasteiger partial charge in [-0.15, -0.1) is 0 Å². The fourth-order valence-corrected chi connectivity index (χ4v) is 3.48. The highest BCUT2D eigenvalue weighted by atomic mass is 16.7. The van der Waals surface area contributed by atoms with Crippen molar-refractivity contribution >= 4 is 23.9 Å². The molecule has 1 aromatic rings. The molecule has 2 fully saturated rings. The number of carbonyl (C=O) groups excluding carboxylic acids is 4. The average Bonchev–Trinajstić information content (AvgIpc) is 3.06. The number of carbonyl (C=O) groups is 4. The summed E-state index contributed by atoms with van der Waals surface area (Å²) in [5.41, 5.74) is 0. The summed E-state index contributed by atoms with van der Waals surface area (Å²) in [6.07, 6.45) is -5.30. The third kappa shape index (κ3) is 4.88. The van der Waals surface area contributed by atoms with Crippen LogP contribution in [0, 0.1) is 0 Å². The summed E-state index contributed by atoms with van der Waals surface area (Å²) in [5.74, 6) is -0.864. The Balaban J connectivity index is 1.94. The number of rotatable bonds is 6. The van der Waals surface area contributed by atoms with Crippen molar-refractivity contribution in [3.63, 3.8) is 0 Å². The van der Waals surface area contributed by atoms with Crippen LogP contribution in [0.2, 0.25) is 0 Å². The first-order valence-electron chi connectivity index (χ1n) is 9.48. The van der Waals surface area contributed by atoms with E-state index in [4.69, 9.17) is 28.4 Å². The molecule has 2 aliphatic heterocycles. The van der Waals surface area contributed by atoms with Gasteiger partial charge in [0.1, 0.15) is 30.3 Å². The number of imide groups is 1. The van der Waals surface area contributed by atoms with Crippen LogP contribution in [-0.2, 0) is 33.3 Å². The van der Waals surface area contributed by atoms with E-state index < -0.39 is 54.6 Å². The Morgan fingerprint density at radius 3 is 2.23 bits per heavy atom. The van der Waals surface area contributed by atoms with Gasteiger partial charge in [-0.1, -0.05) is 0 Å². The molecule has 0 spiro atoms. The minimum absolute atomic E-state index is 0.281. The third-order valence-electron chi connectivity index (χ3n) is 4.75. The van der Waals surface area contributed by atoms with Crippen molar-refractivity contribution in [1.82, 2.24) is 4.90 Å². The topological polar surface area (TPSA) is 127 Å². The number of hydrogen-bond donors (Lipinski definition) is 0. The van der Waals surface area contributed by atoms with E-state index in [9.17, 15) is 19.2 Å². The van der Waals surface area contributed by atoms with Crippen LogP contribution in [0.3, 0.4) is 0 Å². The Morgan fingerprint density at radius 1 is 1.03 bits per heavy atom. The molecule has 0 saturated carbocycles. The van der Waals surface area contributed by atoms with Gasteiger partial charge in [0.2, 0.25) is 12.2 Å². The summed E-state index contributed by atoms with van der Waals surface area (Å²) in [7, 11) is 1.52. The van der Waals surface area contributed by atoms with Crippen molar-refractivity contribution in [2.24, 2.45) is 0 Å². The van der Waals surface area contributed by atoms with Gasteiger partial charge in [-0.05, 0) is 24.3 Å². The van der Waals surface area contributed by atoms with Crippen LogP contribution in [0.1, 0.15) is 20.8 Å². The molecule has 11 heteroatoms. The first-order chi connectivity index (χ1) is 14.7. The zero-order valence-electron chi connectivity index (χ0n) is 17.4. The minimum Gasteiger partial charge on any atom is -0.497 e. The first kappa shape index (κ1) is 22.3. The van der Waals surface area contributed by atoms with Gasteiger partial charge in [0.05, 0.1) is 7.11 Å². The molecule has 11 nitrogen and oxygen atoms in total. The minimum atomic E-state index is -1.18. The maximum atomic E-state index is 12.4. The van der Waals surface area contributed by atoms with Gasteiger partial charge >= 0.3 is 18.0 Å². The molecule has 0 aliphatic carbocycles. The number of methoxy groups -OCH3 is 1. The average molecular weight is 437 g/mol. The first-order valence-corrected chi connectivity index (χ1v) is 9.48. The van der Waals surface area contributed by atoms with Gasteiger partial charge in [-0.2, -0.15) is 0 Å². The molecule has 3 rings (SSSR count). The molecule has 0 bridgehead atoms. The molecule has 0 N–H and O–H groups in total. The highest BCUT2D eigenvalue weighted by Crippen LogP contribution is 2.36. The zero-order valence-corrected chi connectivity index (χ0v) is 17.4. The van der Waals surface area contributed by atoms with Crippen molar-refractivity contribution in [3.05, 3.63) is 24.3 Å². The maximum Gasteiger partial charge on any atom is 0.417 e. The van der Waals surface area contributed by atoms with E-state index in [1.165, 1.54) is 27.9 Å². The van der Waals surface area contributed by atoms with Crippen molar-refractivity contribution in [2.45, 2.75) is 51.4 Å². The Kier molecular flexibility index (Phi) is 6.64. The summed E-state index contributed by atoms with van der Waals surface area (Å²) in [4.78, 5) is 48.4. The normalized spacial score (nSPS) is 27.0. The lowest BCUT2D eigenvalue weighted by atomic mass is 9.96. The Labute approximate surface area is 178 Å². The van der Waals surface area contributed by atoms with E-state index in [0.717, 1.165) is 4.90 Å². The predicted octanol–water partition coefficient (Wildman–Crippen LogP) is 1.03. The molecule has 1 aromatic carbocycles. The number of amides is 2. The molecular formula is C20H23NO10. The van der Waals surface area contributed by atoms with Crippen LogP contribution in [-0.4, -0.2) is 73.2 Å². The molecule has 1 unspecified atom stereocenters. The summed E-state index contributed by atoms with van der Waals surface area (Å²) in [6, 6.07) is 5.52. The van der Waals surface area contributed by atoms with Crippen LogP contribution in [0.5, 0.6) is 11.5 Å². The summed E-state index contributed by atoms with van der Waals surface area (Å²) in [5, 5.41) is 0. The molecule has 0 aromatic heterocycles. The van der Waals surface area contributed by atoms with Gasteiger partial charge < -0.3 is 28.4 Å². The van der Waals surface area contributed by atoms with E-state index in [1.54, 1.807) is 24.3 Å². The highest BCUT2D eigenvalue weighted by Gasteiger charge is 2.60. The van der Waals surface area contributed by atoms with Crippen LogP contribution < -0.4 is 9.47 Å². The van der Waals surface area contributed by atoms with Crippen molar-refractivity contribution in [3.8, 4) is 11.5 Å². The second kappa shape index (κ2) is 9.21. The monoisotopic (exact) mass is 437 g/mol. The van der Waals surface area contributed by atoms with Crippen LogP contribution in [0.4, 0.5) is 4.79 Å². The Morgan fingerprint density at radius 2 is 1.68 bits per heavy atom. The molecule has 0 radical (unpaired) electrons. The number of hydrogen-bond acceptors (Lipinski definition) is 10. The predicted molar refractivity (Wildman–Crippen MR) is 101 cm³/mol. The fourth-order valence-electron chi connectivity index (χ4n) is 3.48. The van der Waals surface area contributed by atoms with Crippen LogP contribution in [0.25, 0.3) is 0 Å². The van der Waals surface area contributed by atoms with Crippen LogP contribution in [0.15, 0.2) is 24.3 Å². The molecule has 2 aliphatic rings. The van der Waals surface area contributed by atoms with Crippen molar-refractivity contribution < 1.29 is 47.6 Å². The van der Waals surface area contributed by atoms with Crippen molar-refractivity contribution in [2.75, 3.05) is 13.7 Å². The zero-order chi connectivity index (χ0) is 22.7. The third-order valence-corrected chi connectivity index (χ3v) is 4.75. The number of ether oxygens (including phenoxy) is 6. The molecular weight excluding hydrogens is 414 g/mol. The quantitative estimate of drug-likeness (QED) is 0.470. The van der Waals surface area contributed by atoms with Gasteiger partial charge in [-0.25, -0.2) is 9.69 Å². The molecule has 31 heavy (non-hydrogen) atoms. The van der Waals surface area contributed by atoms with E-state index in [2.05, 4.69) is 0 Å². The molecule has 2 amide bonds. The van der Waals surface area contributed by atoms with E-state index >= 15 is 0 Å². The second-order valence-corrected chi connectivity index (χ2v) is 6.94. The van der Waals surface area contributed by atoms with E-state index in [0.29, 0.717) is 11.5 Å². The van der Waals surface area contributed by atoms with E-state index in [1.807, 2.05) is 0 Å². The molecule has 2 saturated heterocycles. The summed E-state index contributed by atoms with van der Waals surface area (Å²) >= 11 is 0. The molecule has 2 heterocycles. The van der Waals surface area contributed by atoms with Gasteiger partial charge in [-0.3, -0.25) is 14.4 Å². The lowest BCUT2D eigenvalue weighted by Gasteiger charge is -2.42. The van der Waals surface area contributed by atoms with E-state index in [-0.39, 0.29) is 6.61 Å². The lowest BCUT2D eigenvalue weighted by Crippen LogP contribution is -2.63. The SMILES string of the molecule is COc1ccc(OC2O[C@H](COC(C)=O)[C@@H](OC(C)=O)[C@@H]3OC(=O)N(C(C)=O)[C@@H]23)cc1. The number of fused-ring (bicyclic) bond motifs is 1. The number of nitrogens with zero attached hydrogens (tertiary/aromatic N) is 1. The standard InChI is InChI=1S/C20H23NO10/c1-10(22)21-16-18(31-20(21)25)17(28-12(3)24)15(9-27-11(2)23)30-19(16)29-14-7-5-13(26-4)6-8-14/h5-8,15-19H,9H2,1-4H3/t15-,16-,17-,18-,19?/m1/s1.